The Labute approximate surface area is 97.6 Å². The van der Waals surface area contributed by atoms with Crippen molar-refractivity contribution in [3.8, 4) is 0 Å². The minimum atomic E-state index is -5.08. The number of carboxylic acids is 1. The summed E-state index contributed by atoms with van der Waals surface area (Å²) >= 11 is 0. The largest absolute Gasteiger partial charge is 0.490 e. The van der Waals surface area contributed by atoms with E-state index in [0.717, 1.165) is 17.8 Å². The van der Waals surface area contributed by atoms with Crippen molar-refractivity contribution in [2.75, 3.05) is 19.6 Å². The summed E-state index contributed by atoms with van der Waals surface area (Å²) in [4.78, 5) is 11.6. The number of nitrogens with zero attached hydrogens (tertiary/aromatic N) is 1. The van der Waals surface area contributed by atoms with Crippen molar-refractivity contribution in [3.05, 3.63) is 0 Å². The van der Waals surface area contributed by atoms with E-state index in [1.807, 2.05) is 0 Å². The molecule has 3 nitrogen and oxygen atoms in total. The Morgan fingerprint density at radius 1 is 1.00 bits per heavy atom. The standard InChI is InChI=1S/C9H15N.C2HF3O2/c1-7-2-9-3-8(1)5-10(4-7)6-9;3-2(4,5)1(6)7/h7-9H,1-6H2;(H,6,7). The van der Waals surface area contributed by atoms with Crippen LogP contribution in [0.2, 0.25) is 0 Å². The summed E-state index contributed by atoms with van der Waals surface area (Å²) < 4.78 is 31.7. The Bertz CT molecular complexity index is 247. The van der Waals surface area contributed by atoms with Gasteiger partial charge in [0.05, 0.1) is 0 Å². The highest BCUT2D eigenvalue weighted by Crippen LogP contribution is 2.42. The van der Waals surface area contributed by atoms with E-state index in [9.17, 15) is 13.2 Å². The summed E-state index contributed by atoms with van der Waals surface area (Å²) in [5.74, 6) is 0.552. The molecule has 0 spiro atoms. The van der Waals surface area contributed by atoms with Crippen molar-refractivity contribution < 1.29 is 23.1 Å². The van der Waals surface area contributed by atoms with Crippen molar-refractivity contribution in [3.63, 3.8) is 0 Å². The normalized spacial score (nSPS) is 38.5. The maximum atomic E-state index is 10.6. The van der Waals surface area contributed by atoms with E-state index >= 15 is 0 Å². The molecule has 0 atom stereocenters. The van der Waals surface area contributed by atoms with E-state index in [2.05, 4.69) is 4.90 Å². The van der Waals surface area contributed by atoms with Crippen LogP contribution in [0.4, 0.5) is 13.2 Å². The van der Waals surface area contributed by atoms with Crippen LogP contribution in [0.5, 0.6) is 0 Å². The second-order valence-corrected chi connectivity index (χ2v) is 5.33. The van der Waals surface area contributed by atoms with Crippen LogP contribution in [-0.4, -0.2) is 41.8 Å². The quantitative estimate of drug-likeness (QED) is 0.715. The molecule has 6 heteroatoms. The molecule has 0 radical (unpaired) electrons. The first-order chi connectivity index (χ1) is 7.84. The summed E-state index contributed by atoms with van der Waals surface area (Å²) in [6, 6.07) is 0. The van der Waals surface area contributed by atoms with Gasteiger partial charge >= 0.3 is 12.1 Å². The van der Waals surface area contributed by atoms with Gasteiger partial charge in [-0.15, -0.1) is 0 Å². The van der Waals surface area contributed by atoms with Crippen LogP contribution < -0.4 is 0 Å². The number of aliphatic carboxylic acids is 1. The first-order valence-electron chi connectivity index (χ1n) is 5.87. The van der Waals surface area contributed by atoms with E-state index in [-0.39, 0.29) is 0 Å². The summed E-state index contributed by atoms with van der Waals surface area (Å²) in [6.07, 6.45) is -0.396. The molecular formula is C11H16F3NO2. The molecule has 3 heterocycles. The number of halogens is 3. The summed E-state index contributed by atoms with van der Waals surface area (Å²) in [5.41, 5.74) is 0. The Hall–Kier alpha value is -0.780. The predicted molar refractivity (Wildman–Crippen MR) is 54.5 cm³/mol. The van der Waals surface area contributed by atoms with E-state index in [4.69, 9.17) is 9.90 Å². The first-order valence-corrected chi connectivity index (χ1v) is 5.87. The highest BCUT2D eigenvalue weighted by Gasteiger charge is 2.40. The number of alkyl halides is 3. The fourth-order valence-electron chi connectivity index (χ4n) is 3.47. The molecule has 0 amide bonds. The third kappa shape index (κ3) is 3.12. The molecule has 4 bridgehead atoms. The lowest BCUT2D eigenvalue weighted by atomic mass is 9.68. The van der Waals surface area contributed by atoms with Crippen LogP contribution in [0.15, 0.2) is 0 Å². The van der Waals surface area contributed by atoms with Gasteiger partial charge in [-0.1, -0.05) is 0 Å². The third-order valence-corrected chi connectivity index (χ3v) is 3.79. The van der Waals surface area contributed by atoms with Gasteiger partial charge in [0.15, 0.2) is 0 Å². The van der Waals surface area contributed by atoms with Crippen LogP contribution in [-0.2, 0) is 4.79 Å². The molecule has 0 unspecified atom stereocenters. The summed E-state index contributed by atoms with van der Waals surface area (Å²) in [6.45, 7) is 4.31. The third-order valence-electron chi connectivity index (χ3n) is 3.79. The van der Waals surface area contributed by atoms with E-state index in [0.29, 0.717) is 0 Å². The maximum absolute atomic E-state index is 10.6. The lowest BCUT2D eigenvalue weighted by Crippen LogP contribution is -2.53. The highest BCUT2D eigenvalue weighted by molar-refractivity contribution is 5.73. The molecule has 4 fully saturated rings. The van der Waals surface area contributed by atoms with Crippen LogP contribution in [0.25, 0.3) is 0 Å². The molecular weight excluding hydrogens is 235 g/mol. The zero-order valence-electron chi connectivity index (χ0n) is 9.41. The number of hydrogen-bond acceptors (Lipinski definition) is 2. The molecule has 0 aromatic heterocycles. The van der Waals surface area contributed by atoms with Gasteiger partial charge in [0.25, 0.3) is 0 Å². The van der Waals surface area contributed by atoms with Crippen molar-refractivity contribution in [1.29, 1.82) is 0 Å². The number of carbonyl (C=O) groups is 1. The number of rotatable bonds is 0. The summed E-state index contributed by atoms with van der Waals surface area (Å²) in [5, 5.41) is 7.12. The Morgan fingerprint density at radius 2 is 1.29 bits per heavy atom. The molecule has 4 rings (SSSR count). The second-order valence-electron chi connectivity index (χ2n) is 5.33. The van der Waals surface area contributed by atoms with Gasteiger partial charge in [0.1, 0.15) is 0 Å². The molecule has 1 N–H and O–H groups in total. The summed E-state index contributed by atoms with van der Waals surface area (Å²) in [7, 11) is 0. The molecule has 0 aromatic carbocycles. The highest BCUT2D eigenvalue weighted by atomic mass is 19.4. The van der Waals surface area contributed by atoms with Crippen molar-refractivity contribution in [1.82, 2.24) is 4.90 Å². The molecule has 3 saturated heterocycles. The van der Waals surface area contributed by atoms with Gasteiger partial charge in [-0.3, -0.25) is 0 Å². The molecule has 3 aliphatic heterocycles. The lowest BCUT2D eigenvalue weighted by Gasteiger charge is -2.51. The molecule has 1 aliphatic carbocycles. The smallest absolute Gasteiger partial charge is 0.475 e. The average molecular weight is 251 g/mol. The average Bonchev–Trinajstić information content (AvgIpc) is 2.14. The van der Waals surface area contributed by atoms with Crippen LogP contribution in [0.3, 0.4) is 0 Å². The maximum Gasteiger partial charge on any atom is 0.490 e. The lowest BCUT2D eigenvalue weighted by molar-refractivity contribution is -0.192. The fourth-order valence-corrected chi connectivity index (χ4v) is 3.47. The fraction of sp³-hybridized carbons (Fsp3) is 0.909. The Morgan fingerprint density at radius 3 is 1.47 bits per heavy atom. The SMILES string of the molecule is C1C2CC3CC1CN(C2)C3.O=C(O)C(F)(F)F. The minimum absolute atomic E-state index is 1.10. The number of piperidine rings is 3. The Kier molecular flexibility index (Phi) is 3.34. The van der Waals surface area contributed by atoms with Crippen LogP contribution in [0, 0.1) is 17.8 Å². The van der Waals surface area contributed by atoms with Crippen LogP contribution in [0.1, 0.15) is 19.3 Å². The van der Waals surface area contributed by atoms with Gasteiger partial charge in [-0.05, 0) is 37.0 Å². The monoisotopic (exact) mass is 251 g/mol. The zero-order chi connectivity index (χ0) is 12.6. The van der Waals surface area contributed by atoms with E-state index < -0.39 is 12.1 Å². The van der Waals surface area contributed by atoms with Gasteiger partial charge in [-0.2, -0.15) is 13.2 Å². The molecule has 4 aliphatic rings. The van der Waals surface area contributed by atoms with E-state index in [1.165, 1.54) is 19.6 Å². The topological polar surface area (TPSA) is 40.5 Å². The van der Waals surface area contributed by atoms with Crippen molar-refractivity contribution in [2.24, 2.45) is 17.8 Å². The number of hydrogen-bond donors (Lipinski definition) is 1. The zero-order valence-corrected chi connectivity index (χ0v) is 9.41. The van der Waals surface area contributed by atoms with Gasteiger partial charge in [-0.25, -0.2) is 4.79 Å². The minimum Gasteiger partial charge on any atom is -0.475 e. The molecule has 1 saturated carbocycles. The molecule has 0 aromatic rings. The van der Waals surface area contributed by atoms with E-state index in [1.54, 1.807) is 19.3 Å². The first kappa shape index (κ1) is 12.7. The second kappa shape index (κ2) is 4.48. The van der Waals surface area contributed by atoms with Gasteiger partial charge < -0.3 is 10.0 Å². The van der Waals surface area contributed by atoms with Gasteiger partial charge in [0, 0.05) is 19.6 Å². The van der Waals surface area contributed by atoms with Crippen molar-refractivity contribution in [2.45, 2.75) is 25.4 Å². The predicted octanol–water partition coefficient (Wildman–Crippen LogP) is 1.98. The Balaban J connectivity index is 0.000000139. The van der Waals surface area contributed by atoms with Crippen molar-refractivity contribution >= 4 is 5.97 Å². The molecule has 17 heavy (non-hydrogen) atoms. The molecule has 98 valence electrons. The van der Waals surface area contributed by atoms with Gasteiger partial charge in [0.2, 0.25) is 0 Å². The number of carboxylic acid groups (broad SMARTS) is 1. The van der Waals surface area contributed by atoms with Crippen LogP contribution >= 0.6 is 0 Å².